The number of para-hydroxylation sites is 1. The fraction of sp³-hybridized carbons (Fsp3) is 0.250. The van der Waals surface area contributed by atoms with Gasteiger partial charge in [0.1, 0.15) is 11.9 Å². The molecule has 1 aromatic heterocycles. The zero-order valence-corrected chi connectivity index (χ0v) is 20.5. The van der Waals surface area contributed by atoms with E-state index >= 15 is 4.39 Å². The molecule has 0 unspecified atom stereocenters. The molecule has 0 radical (unpaired) electrons. The molecule has 0 bridgehead atoms. The number of sulfonamides is 1. The topological polar surface area (TPSA) is 133 Å². The van der Waals surface area contributed by atoms with Crippen LogP contribution in [0.3, 0.4) is 0 Å². The number of aromatic nitrogens is 2. The minimum atomic E-state index is -3.53. The van der Waals surface area contributed by atoms with E-state index in [0.717, 1.165) is 6.26 Å². The van der Waals surface area contributed by atoms with Gasteiger partial charge in [-0.05, 0) is 43.5 Å². The number of urea groups is 1. The average Bonchev–Trinajstić information content (AvgIpc) is 2.81. The highest BCUT2D eigenvalue weighted by atomic mass is 32.2. The molecule has 3 amide bonds. The summed E-state index contributed by atoms with van der Waals surface area (Å²) in [5.41, 5.74) is 2.03. The van der Waals surface area contributed by atoms with Crippen molar-refractivity contribution >= 4 is 39.2 Å². The van der Waals surface area contributed by atoms with E-state index in [-0.39, 0.29) is 11.5 Å². The van der Waals surface area contributed by atoms with Gasteiger partial charge < -0.3 is 10.2 Å². The summed E-state index contributed by atoms with van der Waals surface area (Å²) in [7, 11) is -3.53. The van der Waals surface area contributed by atoms with Crippen LogP contribution in [0.1, 0.15) is 18.5 Å². The summed E-state index contributed by atoms with van der Waals surface area (Å²) >= 11 is 0. The van der Waals surface area contributed by atoms with Crippen molar-refractivity contribution in [3.63, 3.8) is 0 Å². The summed E-state index contributed by atoms with van der Waals surface area (Å²) in [4.78, 5) is 34.9. The van der Waals surface area contributed by atoms with Gasteiger partial charge in [0.25, 0.3) is 0 Å². The molecule has 10 nitrogen and oxygen atoms in total. The normalized spacial score (nSPS) is 15.9. The molecule has 1 fully saturated rings. The number of hydrogen-bond acceptors (Lipinski definition) is 6. The van der Waals surface area contributed by atoms with E-state index in [2.05, 4.69) is 25.3 Å². The van der Waals surface area contributed by atoms with Crippen molar-refractivity contribution in [2.45, 2.75) is 25.8 Å². The van der Waals surface area contributed by atoms with Crippen LogP contribution in [0.5, 0.6) is 0 Å². The molecule has 2 heterocycles. The van der Waals surface area contributed by atoms with Gasteiger partial charge in [0, 0.05) is 12.1 Å². The largest absolute Gasteiger partial charge is 0.326 e. The summed E-state index contributed by atoms with van der Waals surface area (Å²) in [6.07, 6.45) is 4.92. The minimum Gasteiger partial charge on any atom is -0.326 e. The van der Waals surface area contributed by atoms with Gasteiger partial charge in [-0.25, -0.2) is 22.6 Å². The molecular weight excluding hydrogens is 487 g/mol. The van der Waals surface area contributed by atoms with Crippen molar-refractivity contribution in [3.8, 4) is 11.1 Å². The smallest absolute Gasteiger partial charge is 0.321 e. The third-order valence-corrected chi connectivity index (χ3v) is 6.13. The Hall–Kier alpha value is -4.06. The monoisotopic (exact) mass is 512 g/mol. The van der Waals surface area contributed by atoms with Gasteiger partial charge in [-0.15, -0.1) is 0 Å². The summed E-state index contributed by atoms with van der Waals surface area (Å²) in [5.74, 6) is -0.835. The molecule has 0 saturated carbocycles. The van der Waals surface area contributed by atoms with Crippen LogP contribution in [0.15, 0.2) is 54.9 Å². The number of aryl methyl sites for hydroxylation is 1. The van der Waals surface area contributed by atoms with Crippen molar-refractivity contribution in [3.05, 3.63) is 66.4 Å². The summed E-state index contributed by atoms with van der Waals surface area (Å²) in [6.45, 7) is 2.06. The summed E-state index contributed by atoms with van der Waals surface area (Å²) < 4.78 is 41.1. The first-order valence-corrected chi connectivity index (χ1v) is 13.0. The number of nitrogens with one attached hydrogen (secondary N) is 3. The molecule has 3 aromatic rings. The molecule has 4 rings (SSSR count). The number of carbonyl (C=O) groups is 2. The van der Waals surface area contributed by atoms with E-state index in [4.69, 9.17) is 0 Å². The number of piperidine rings is 1. The van der Waals surface area contributed by atoms with Crippen LogP contribution < -0.4 is 20.3 Å². The van der Waals surface area contributed by atoms with E-state index < -0.39 is 33.8 Å². The first-order valence-electron chi connectivity index (χ1n) is 11.1. The summed E-state index contributed by atoms with van der Waals surface area (Å²) in [5, 5.41) is 5.15. The Morgan fingerprint density at radius 3 is 2.61 bits per heavy atom. The maximum Gasteiger partial charge on any atom is 0.321 e. The number of carbonyl (C=O) groups excluding carboxylic acids is 2. The molecule has 1 aliphatic heterocycles. The second-order valence-corrected chi connectivity index (χ2v) is 10.2. The first kappa shape index (κ1) is 25.0. The van der Waals surface area contributed by atoms with E-state index in [9.17, 15) is 18.0 Å². The maximum atomic E-state index is 15.2. The molecule has 36 heavy (non-hydrogen) atoms. The lowest BCUT2D eigenvalue weighted by molar-refractivity contribution is -0.121. The van der Waals surface area contributed by atoms with E-state index in [1.165, 1.54) is 29.4 Å². The zero-order chi connectivity index (χ0) is 25.9. The standard InChI is InChI=1S/C24H25FN6O4S/c1-15-13-27-22(14-26-15)29-24(33)28-20-8-5-11-31(23(20)32)21-10-9-16(12-18(21)25)17-6-3-4-7-19(17)30-36(2,34)35/h3-4,6-7,9-10,12-14,20,30H,5,8,11H2,1-2H3,(H2,27,28,29,33)/t20-/m1/s1. The Bertz CT molecular complexity index is 1400. The molecular formula is C24H25FN6O4S. The van der Waals surface area contributed by atoms with Crippen LogP contribution in [-0.4, -0.2) is 49.2 Å². The Labute approximate surface area is 208 Å². The molecule has 1 aliphatic rings. The number of hydrogen-bond donors (Lipinski definition) is 3. The van der Waals surface area contributed by atoms with Crippen molar-refractivity contribution < 1.29 is 22.4 Å². The lowest BCUT2D eigenvalue weighted by Crippen LogP contribution is -2.53. The Kier molecular flexibility index (Phi) is 7.15. The zero-order valence-electron chi connectivity index (χ0n) is 19.7. The lowest BCUT2D eigenvalue weighted by atomic mass is 10.0. The van der Waals surface area contributed by atoms with E-state index in [1.807, 2.05) is 0 Å². The lowest BCUT2D eigenvalue weighted by Gasteiger charge is -2.33. The molecule has 2 aromatic carbocycles. The van der Waals surface area contributed by atoms with Gasteiger partial charge >= 0.3 is 6.03 Å². The number of rotatable bonds is 6. The van der Waals surface area contributed by atoms with Crippen LogP contribution in [-0.2, 0) is 14.8 Å². The SMILES string of the molecule is Cc1cnc(NC(=O)N[C@@H]2CCCN(c3ccc(-c4ccccc4NS(C)(=O)=O)cc3F)C2=O)cn1. The van der Waals surface area contributed by atoms with Gasteiger partial charge in [0.2, 0.25) is 15.9 Å². The molecule has 1 saturated heterocycles. The van der Waals surface area contributed by atoms with Crippen LogP contribution in [0, 0.1) is 12.7 Å². The van der Waals surface area contributed by atoms with Crippen LogP contribution in [0.2, 0.25) is 0 Å². The molecule has 3 N–H and O–H groups in total. The molecule has 188 valence electrons. The number of nitrogens with zero attached hydrogens (tertiary/aromatic N) is 3. The Balaban J connectivity index is 1.50. The second-order valence-electron chi connectivity index (χ2n) is 8.41. The highest BCUT2D eigenvalue weighted by Gasteiger charge is 2.32. The third kappa shape index (κ3) is 5.95. The number of amides is 3. The fourth-order valence-electron chi connectivity index (χ4n) is 3.93. The van der Waals surface area contributed by atoms with Crippen molar-refractivity contribution in [1.82, 2.24) is 15.3 Å². The van der Waals surface area contributed by atoms with Gasteiger partial charge in [-0.1, -0.05) is 24.3 Å². The average molecular weight is 513 g/mol. The van der Waals surface area contributed by atoms with Crippen LogP contribution >= 0.6 is 0 Å². The van der Waals surface area contributed by atoms with Gasteiger partial charge in [-0.2, -0.15) is 0 Å². The van der Waals surface area contributed by atoms with Gasteiger partial charge in [-0.3, -0.25) is 19.8 Å². The maximum absolute atomic E-state index is 15.2. The van der Waals surface area contributed by atoms with Gasteiger partial charge in [0.15, 0.2) is 5.82 Å². The van der Waals surface area contributed by atoms with Crippen molar-refractivity contribution in [2.24, 2.45) is 0 Å². The van der Waals surface area contributed by atoms with Crippen LogP contribution in [0.4, 0.5) is 26.4 Å². The number of halogens is 1. The van der Waals surface area contributed by atoms with E-state index in [1.54, 1.807) is 37.3 Å². The second kappa shape index (κ2) is 10.3. The molecule has 12 heteroatoms. The predicted molar refractivity (Wildman–Crippen MR) is 135 cm³/mol. The van der Waals surface area contributed by atoms with Gasteiger partial charge in [0.05, 0.1) is 35.7 Å². The van der Waals surface area contributed by atoms with Crippen LogP contribution in [0.25, 0.3) is 11.1 Å². The van der Waals surface area contributed by atoms with Crippen molar-refractivity contribution in [2.75, 3.05) is 27.7 Å². The highest BCUT2D eigenvalue weighted by Crippen LogP contribution is 2.33. The predicted octanol–water partition coefficient (Wildman–Crippen LogP) is 3.28. The molecule has 0 aliphatic carbocycles. The first-order chi connectivity index (χ1) is 17.1. The molecule has 0 spiro atoms. The quantitative estimate of drug-likeness (QED) is 0.464. The van der Waals surface area contributed by atoms with E-state index in [0.29, 0.717) is 41.9 Å². The summed E-state index contributed by atoms with van der Waals surface area (Å²) in [6, 6.07) is 9.54. The molecule has 1 atom stereocenters. The third-order valence-electron chi connectivity index (χ3n) is 5.54. The number of anilines is 3. The fourth-order valence-corrected chi connectivity index (χ4v) is 4.51. The van der Waals surface area contributed by atoms with Crippen molar-refractivity contribution in [1.29, 1.82) is 0 Å². The Morgan fingerprint density at radius 2 is 1.92 bits per heavy atom. The Morgan fingerprint density at radius 1 is 1.14 bits per heavy atom. The minimum absolute atomic E-state index is 0.0774. The number of benzene rings is 2. The highest BCUT2D eigenvalue weighted by molar-refractivity contribution is 7.92.